The summed E-state index contributed by atoms with van der Waals surface area (Å²) in [5, 5.41) is 0. The molecule has 0 fully saturated rings. The van der Waals surface area contributed by atoms with Crippen molar-refractivity contribution in [2.45, 2.75) is 19.4 Å². The van der Waals surface area contributed by atoms with E-state index in [1.165, 1.54) is 6.92 Å². The summed E-state index contributed by atoms with van der Waals surface area (Å²) in [6.07, 6.45) is -2.85. The smallest absolute Gasteiger partial charge is 0.328 e. The molecule has 10 heavy (non-hydrogen) atoms. The second-order valence-electron chi connectivity index (χ2n) is 1.61. The summed E-state index contributed by atoms with van der Waals surface area (Å²) < 4.78 is 27.4. The second kappa shape index (κ2) is 4.16. The van der Waals surface area contributed by atoms with Crippen molar-refractivity contribution in [2.75, 3.05) is 6.61 Å². The number of carbonyl (C=O) groups is 1. The van der Waals surface area contributed by atoms with Gasteiger partial charge in [-0.3, -0.25) is 4.79 Å². The van der Waals surface area contributed by atoms with Gasteiger partial charge in [-0.2, -0.15) is 0 Å². The van der Waals surface area contributed by atoms with E-state index in [0.29, 0.717) is 0 Å². The summed E-state index contributed by atoms with van der Waals surface area (Å²) in [4.78, 5) is 10.4. The summed E-state index contributed by atoms with van der Waals surface area (Å²) in [5.74, 6) is -1.06. The minimum absolute atomic E-state index is 0.0687. The van der Waals surface area contributed by atoms with E-state index in [-0.39, 0.29) is 6.61 Å². The number of hydrogen-bond donors (Lipinski definition) is 1. The third kappa shape index (κ3) is 2.72. The maximum atomic E-state index is 11.6. The Bertz CT molecular complexity index is 118. The Labute approximate surface area is 57.1 Å². The number of hydrogen-bond acceptors (Lipinski definition) is 3. The molecule has 1 unspecified atom stereocenters. The maximum Gasteiger partial charge on any atom is 0.328 e. The first kappa shape index (κ1) is 9.29. The molecule has 0 heterocycles. The molecule has 0 saturated heterocycles. The molecular weight excluding hydrogens is 144 g/mol. The number of nitrogens with two attached hydrogens (primary N) is 1. The minimum Gasteiger partial charge on any atom is -0.465 e. The Morgan fingerprint density at radius 3 is 2.50 bits per heavy atom. The highest BCUT2D eigenvalue weighted by atomic mass is 19.3. The molecule has 60 valence electrons. The van der Waals surface area contributed by atoms with Crippen molar-refractivity contribution >= 4 is 5.97 Å². The lowest BCUT2D eigenvalue weighted by Crippen LogP contribution is -2.38. The Hall–Kier alpha value is -0.710. The van der Waals surface area contributed by atoms with Gasteiger partial charge in [0.05, 0.1) is 6.61 Å². The van der Waals surface area contributed by atoms with Gasteiger partial charge in [0.15, 0.2) is 6.04 Å². The quantitative estimate of drug-likeness (QED) is 0.587. The Morgan fingerprint density at radius 2 is 2.20 bits per heavy atom. The number of carbonyl (C=O) groups excluding carboxylic acids is 1. The highest BCUT2D eigenvalue weighted by molar-refractivity contribution is 5.75. The molecule has 3 nitrogen and oxygen atoms in total. The number of ether oxygens (including phenoxy) is 1. The van der Waals surface area contributed by atoms with Gasteiger partial charge in [-0.25, -0.2) is 8.78 Å². The molecule has 0 rings (SSSR count). The summed E-state index contributed by atoms with van der Waals surface area (Å²) in [6.45, 7) is 1.59. The van der Waals surface area contributed by atoms with Gasteiger partial charge < -0.3 is 10.5 Å². The lowest BCUT2D eigenvalue weighted by atomic mass is 10.3. The van der Waals surface area contributed by atoms with Crippen LogP contribution in [0.15, 0.2) is 0 Å². The Morgan fingerprint density at radius 1 is 1.70 bits per heavy atom. The molecule has 0 amide bonds. The van der Waals surface area contributed by atoms with Crippen LogP contribution >= 0.6 is 0 Å². The highest BCUT2D eigenvalue weighted by Crippen LogP contribution is 1.99. The van der Waals surface area contributed by atoms with Crippen molar-refractivity contribution in [2.24, 2.45) is 5.73 Å². The van der Waals surface area contributed by atoms with Crippen LogP contribution in [0.1, 0.15) is 6.92 Å². The summed E-state index contributed by atoms with van der Waals surface area (Å²) in [5.41, 5.74) is 4.72. The van der Waals surface area contributed by atoms with Gasteiger partial charge in [-0.1, -0.05) is 0 Å². The van der Waals surface area contributed by atoms with Gasteiger partial charge >= 0.3 is 5.97 Å². The zero-order valence-corrected chi connectivity index (χ0v) is 5.51. The highest BCUT2D eigenvalue weighted by Gasteiger charge is 2.24. The third-order valence-electron chi connectivity index (χ3n) is 0.830. The summed E-state index contributed by atoms with van der Waals surface area (Å²) in [7, 11) is 0. The molecule has 2 N–H and O–H groups in total. The van der Waals surface area contributed by atoms with Gasteiger partial charge in [0.2, 0.25) is 0 Å². The SMILES string of the molecule is CCOC(=O)C(N)C(F)F. The molecule has 0 aliphatic rings. The molecular formula is C5H9F2NO2. The van der Waals surface area contributed by atoms with Gasteiger partial charge in [0.25, 0.3) is 6.43 Å². The van der Waals surface area contributed by atoms with E-state index in [2.05, 4.69) is 4.74 Å². The first-order valence-electron chi connectivity index (χ1n) is 2.80. The van der Waals surface area contributed by atoms with Crippen LogP contribution in [-0.2, 0) is 9.53 Å². The average molecular weight is 153 g/mol. The third-order valence-corrected chi connectivity index (χ3v) is 0.830. The van der Waals surface area contributed by atoms with Crippen LogP contribution in [0.3, 0.4) is 0 Å². The van der Waals surface area contributed by atoms with Crippen LogP contribution < -0.4 is 5.73 Å². The fourth-order valence-corrected chi connectivity index (χ4v) is 0.341. The molecule has 0 aliphatic heterocycles. The molecule has 0 spiro atoms. The molecule has 0 radical (unpaired) electrons. The molecule has 0 aromatic heterocycles. The van der Waals surface area contributed by atoms with Gasteiger partial charge in [0, 0.05) is 0 Å². The lowest BCUT2D eigenvalue weighted by Gasteiger charge is -2.07. The molecule has 0 aliphatic carbocycles. The zero-order valence-electron chi connectivity index (χ0n) is 5.51. The van der Waals surface area contributed by atoms with Crippen LogP contribution in [0.5, 0.6) is 0 Å². The normalized spacial score (nSPS) is 13.3. The van der Waals surface area contributed by atoms with Crippen molar-refractivity contribution in [3.8, 4) is 0 Å². The van der Waals surface area contributed by atoms with Gasteiger partial charge in [-0.05, 0) is 6.92 Å². The molecule has 0 bridgehead atoms. The van der Waals surface area contributed by atoms with E-state index >= 15 is 0 Å². The van der Waals surface area contributed by atoms with Crippen LogP contribution in [0, 0.1) is 0 Å². The van der Waals surface area contributed by atoms with Gasteiger partial charge in [-0.15, -0.1) is 0 Å². The number of rotatable bonds is 3. The van der Waals surface area contributed by atoms with Crippen molar-refractivity contribution in [3.63, 3.8) is 0 Å². The van der Waals surface area contributed by atoms with Crippen LogP contribution in [0.4, 0.5) is 8.78 Å². The molecule has 0 saturated carbocycles. The predicted molar refractivity (Wildman–Crippen MR) is 30.6 cm³/mol. The molecule has 5 heteroatoms. The van der Waals surface area contributed by atoms with Crippen LogP contribution in [0.2, 0.25) is 0 Å². The lowest BCUT2D eigenvalue weighted by molar-refractivity contribution is -0.148. The Balaban J connectivity index is 3.71. The zero-order chi connectivity index (χ0) is 8.15. The summed E-state index contributed by atoms with van der Waals surface area (Å²) in [6, 6.07) is -1.81. The molecule has 0 aromatic rings. The second-order valence-corrected chi connectivity index (χ2v) is 1.61. The number of esters is 1. The molecule has 1 atom stereocenters. The van der Waals surface area contributed by atoms with Crippen molar-refractivity contribution in [1.82, 2.24) is 0 Å². The fraction of sp³-hybridized carbons (Fsp3) is 0.800. The average Bonchev–Trinajstić information content (AvgIpc) is 1.87. The van der Waals surface area contributed by atoms with E-state index in [0.717, 1.165) is 0 Å². The van der Waals surface area contributed by atoms with Crippen molar-refractivity contribution in [3.05, 3.63) is 0 Å². The Kier molecular flexibility index (Phi) is 3.87. The van der Waals surface area contributed by atoms with E-state index in [1.54, 1.807) is 0 Å². The monoisotopic (exact) mass is 153 g/mol. The molecule has 0 aromatic carbocycles. The van der Waals surface area contributed by atoms with E-state index < -0.39 is 18.4 Å². The van der Waals surface area contributed by atoms with Crippen LogP contribution in [-0.4, -0.2) is 25.0 Å². The van der Waals surface area contributed by atoms with E-state index in [9.17, 15) is 13.6 Å². The summed E-state index contributed by atoms with van der Waals surface area (Å²) >= 11 is 0. The van der Waals surface area contributed by atoms with E-state index in [1.807, 2.05) is 0 Å². The number of alkyl halides is 2. The fourth-order valence-electron chi connectivity index (χ4n) is 0.341. The minimum atomic E-state index is -2.85. The van der Waals surface area contributed by atoms with Crippen molar-refractivity contribution in [1.29, 1.82) is 0 Å². The topological polar surface area (TPSA) is 52.3 Å². The largest absolute Gasteiger partial charge is 0.465 e. The van der Waals surface area contributed by atoms with Crippen LogP contribution in [0.25, 0.3) is 0 Å². The first-order chi connectivity index (χ1) is 4.59. The first-order valence-corrected chi connectivity index (χ1v) is 2.80. The predicted octanol–water partition coefficient (Wildman–Crippen LogP) is 0.142. The van der Waals surface area contributed by atoms with Crippen molar-refractivity contribution < 1.29 is 18.3 Å². The van der Waals surface area contributed by atoms with E-state index in [4.69, 9.17) is 5.73 Å². The standard InChI is InChI=1S/C5H9F2NO2/c1-2-10-5(9)3(8)4(6)7/h3-4H,2,8H2,1H3. The maximum absolute atomic E-state index is 11.6. The van der Waals surface area contributed by atoms with Gasteiger partial charge in [0.1, 0.15) is 0 Å². The number of halogens is 2.